The second-order valence-electron chi connectivity index (χ2n) is 6.27. The van der Waals surface area contributed by atoms with Gasteiger partial charge in [-0.15, -0.1) is 0 Å². The normalized spacial score (nSPS) is 14.0. The largest absolute Gasteiger partial charge is 0.469 e. The first-order valence-electron chi connectivity index (χ1n) is 8.66. The molecule has 0 atom stereocenters. The maximum Gasteiger partial charge on any atom is 0.305 e. The fourth-order valence-electron chi connectivity index (χ4n) is 2.90. The van der Waals surface area contributed by atoms with Gasteiger partial charge in [-0.1, -0.05) is 18.2 Å². The molecule has 1 aromatic heterocycles. The Morgan fingerprint density at radius 3 is 2.81 bits per heavy atom. The minimum atomic E-state index is -0.302. The van der Waals surface area contributed by atoms with Gasteiger partial charge in [0.2, 0.25) is 0 Å². The number of aromatic nitrogens is 1. The van der Waals surface area contributed by atoms with Crippen molar-refractivity contribution in [1.82, 2.24) is 10.3 Å². The molecule has 7 nitrogen and oxygen atoms in total. The Labute approximate surface area is 156 Å². The fraction of sp³-hybridized carbons (Fsp3) is 0.250. The van der Waals surface area contributed by atoms with Gasteiger partial charge in [-0.3, -0.25) is 14.4 Å². The number of nitrogens with one attached hydrogen (secondary N) is 3. The minimum Gasteiger partial charge on any atom is -0.469 e. The van der Waals surface area contributed by atoms with Gasteiger partial charge in [0.1, 0.15) is 5.69 Å². The Hall–Kier alpha value is -3.35. The Balaban J connectivity index is 1.71. The molecule has 3 rings (SSSR count). The van der Waals surface area contributed by atoms with E-state index in [0.717, 1.165) is 16.8 Å². The van der Waals surface area contributed by atoms with Crippen molar-refractivity contribution in [2.24, 2.45) is 0 Å². The van der Waals surface area contributed by atoms with Crippen molar-refractivity contribution in [2.75, 3.05) is 19.0 Å². The number of hydrogen-bond donors (Lipinski definition) is 3. The molecule has 2 aromatic rings. The van der Waals surface area contributed by atoms with E-state index in [-0.39, 0.29) is 24.2 Å². The molecule has 140 valence electrons. The number of benzene rings is 1. The van der Waals surface area contributed by atoms with Crippen LogP contribution >= 0.6 is 0 Å². The van der Waals surface area contributed by atoms with Crippen molar-refractivity contribution in [3.05, 3.63) is 52.8 Å². The lowest BCUT2D eigenvalue weighted by Gasteiger charge is -2.03. The number of esters is 1. The second kappa shape index (κ2) is 7.90. The molecule has 27 heavy (non-hydrogen) atoms. The summed E-state index contributed by atoms with van der Waals surface area (Å²) in [6.45, 7) is 2.24. The van der Waals surface area contributed by atoms with Crippen LogP contribution in [0.4, 0.5) is 5.69 Å². The quantitative estimate of drug-likeness (QED) is 0.415. The predicted molar refractivity (Wildman–Crippen MR) is 102 cm³/mol. The van der Waals surface area contributed by atoms with Crippen LogP contribution in [0.15, 0.2) is 30.3 Å². The van der Waals surface area contributed by atoms with Crippen molar-refractivity contribution in [3.8, 4) is 0 Å². The van der Waals surface area contributed by atoms with Gasteiger partial charge in [-0.25, -0.2) is 0 Å². The highest BCUT2D eigenvalue weighted by atomic mass is 16.5. The topological polar surface area (TPSA) is 100 Å². The molecular weight excluding hydrogens is 346 g/mol. The number of hydrogen-bond acceptors (Lipinski definition) is 4. The SMILES string of the molecule is COC(=O)CCCNC(=O)c1cc(C)c(/C=C2\C(=O)Nc3ccccc32)[nH]1. The van der Waals surface area contributed by atoms with E-state index >= 15 is 0 Å². The molecule has 0 radical (unpaired) electrons. The van der Waals surface area contributed by atoms with Crippen LogP contribution in [0.1, 0.15) is 40.2 Å². The number of H-pyrrole nitrogens is 1. The fourth-order valence-corrected chi connectivity index (χ4v) is 2.90. The molecule has 0 bridgehead atoms. The van der Waals surface area contributed by atoms with Gasteiger partial charge in [-0.2, -0.15) is 0 Å². The summed E-state index contributed by atoms with van der Waals surface area (Å²) in [5.74, 6) is -0.730. The molecule has 3 N–H and O–H groups in total. The Bertz CT molecular complexity index is 927. The number of anilines is 1. The summed E-state index contributed by atoms with van der Waals surface area (Å²) in [7, 11) is 1.33. The van der Waals surface area contributed by atoms with Crippen LogP contribution in [-0.4, -0.2) is 36.4 Å². The van der Waals surface area contributed by atoms with Crippen LogP contribution in [0.3, 0.4) is 0 Å². The molecule has 0 saturated heterocycles. The first kappa shape index (κ1) is 18.4. The number of methoxy groups -OCH3 is 1. The molecule has 0 fully saturated rings. The van der Waals surface area contributed by atoms with E-state index in [1.54, 1.807) is 12.1 Å². The average molecular weight is 367 g/mol. The first-order valence-corrected chi connectivity index (χ1v) is 8.66. The van der Waals surface area contributed by atoms with Gasteiger partial charge in [0.05, 0.1) is 12.7 Å². The molecule has 0 spiro atoms. The molecule has 1 aromatic carbocycles. The number of ether oxygens (including phenoxy) is 1. The van der Waals surface area contributed by atoms with Crippen molar-refractivity contribution in [3.63, 3.8) is 0 Å². The third kappa shape index (κ3) is 4.08. The number of amides is 2. The van der Waals surface area contributed by atoms with Crippen molar-refractivity contribution >= 4 is 35.1 Å². The third-order valence-electron chi connectivity index (χ3n) is 4.37. The van der Waals surface area contributed by atoms with Crippen LogP contribution in [0.2, 0.25) is 0 Å². The number of carbonyl (C=O) groups excluding carboxylic acids is 3. The van der Waals surface area contributed by atoms with Crippen LogP contribution in [-0.2, 0) is 14.3 Å². The van der Waals surface area contributed by atoms with E-state index in [0.29, 0.717) is 29.9 Å². The lowest BCUT2D eigenvalue weighted by Crippen LogP contribution is -2.25. The van der Waals surface area contributed by atoms with Crippen molar-refractivity contribution < 1.29 is 19.1 Å². The van der Waals surface area contributed by atoms with Crippen LogP contribution < -0.4 is 10.6 Å². The molecule has 0 saturated carbocycles. The Kier molecular flexibility index (Phi) is 5.40. The van der Waals surface area contributed by atoms with Gasteiger partial charge in [0.15, 0.2) is 0 Å². The second-order valence-corrected chi connectivity index (χ2v) is 6.27. The summed E-state index contributed by atoms with van der Waals surface area (Å²) < 4.78 is 4.56. The molecule has 1 aliphatic rings. The summed E-state index contributed by atoms with van der Waals surface area (Å²) in [6, 6.07) is 9.21. The zero-order valence-corrected chi connectivity index (χ0v) is 15.2. The van der Waals surface area contributed by atoms with E-state index in [4.69, 9.17) is 0 Å². The molecule has 0 unspecified atom stereocenters. The smallest absolute Gasteiger partial charge is 0.305 e. The predicted octanol–water partition coefficient (Wildman–Crippen LogP) is 2.50. The highest BCUT2D eigenvalue weighted by Crippen LogP contribution is 2.32. The van der Waals surface area contributed by atoms with Crippen LogP contribution in [0, 0.1) is 6.92 Å². The average Bonchev–Trinajstić information content (AvgIpc) is 3.19. The highest BCUT2D eigenvalue weighted by Gasteiger charge is 2.24. The van der Waals surface area contributed by atoms with Crippen LogP contribution in [0.25, 0.3) is 11.6 Å². The number of carbonyl (C=O) groups is 3. The summed E-state index contributed by atoms with van der Waals surface area (Å²) in [5, 5.41) is 5.59. The van der Waals surface area contributed by atoms with Crippen molar-refractivity contribution in [1.29, 1.82) is 0 Å². The molecule has 0 aliphatic carbocycles. The standard InChI is InChI=1S/C20H21N3O4/c1-12-10-17(20(26)21-9-5-8-18(24)27-2)22-16(12)11-14-13-6-3-4-7-15(13)23-19(14)25/h3-4,6-7,10-11,22H,5,8-9H2,1-2H3,(H,21,26)(H,23,25)/b14-11-. The van der Waals surface area contributed by atoms with Gasteiger partial charge >= 0.3 is 5.97 Å². The number of rotatable bonds is 6. The van der Waals surface area contributed by atoms with E-state index in [2.05, 4.69) is 20.4 Å². The summed E-state index contributed by atoms with van der Waals surface area (Å²) >= 11 is 0. The highest BCUT2D eigenvalue weighted by molar-refractivity contribution is 6.34. The van der Waals surface area contributed by atoms with E-state index in [1.165, 1.54) is 7.11 Å². The summed E-state index contributed by atoms with van der Waals surface area (Å²) in [5.41, 5.74) is 4.15. The summed E-state index contributed by atoms with van der Waals surface area (Å²) in [4.78, 5) is 38.6. The van der Waals surface area contributed by atoms with E-state index < -0.39 is 0 Å². The van der Waals surface area contributed by atoms with E-state index in [9.17, 15) is 14.4 Å². The Morgan fingerprint density at radius 2 is 2.04 bits per heavy atom. The Morgan fingerprint density at radius 1 is 1.26 bits per heavy atom. The number of aryl methyl sites for hydroxylation is 1. The van der Waals surface area contributed by atoms with Gasteiger partial charge < -0.3 is 20.4 Å². The number of aromatic amines is 1. The maximum atomic E-state index is 12.3. The van der Waals surface area contributed by atoms with Gasteiger partial charge in [0.25, 0.3) is 11.8 Å². The molecule has 7 heteroatoms. The molecule has 2 heterocycles. The summed E-state index contributed by atoms with van der Waals surface area (Å²) in [6.07, 6.45) is 2.52. The minimum absolute atomic E-state index is 0.168. The zero-order chi connectivity index (χ0) is 19.4. The monoisotopic (exact) mass is 367 g/mol. The van der Waals surface area contributed by atoms with Gasteiger partial charge in [0, 0.05) is 29.9 Å². The van der Waals surface area contributed by atoms with E-state index in [1.807, 2.05) is 31.2 Å². The maximum absolute atomic E-state index is 12.3. The molecular formula is C20H21N3O4. The van der Waals surface area contributed by atoms with Crippen molar-refractivity contribution in [2.45, 2.75) is 19.8 Å². The van der Waals surface area contributed by atoms with Crippen LogP contribution in [0.5, 0.6) is 0 Å². The van der Waals surface area contributed by atoms with Gasteiger partial charge in [-0.05, 0) is 37.1 Å². The first-order chi connectivity index (χ1) is 13.0. The number of fused-ring (bicyclic) bond motifs is 1. The lowest BCUT2D eigenvalue weighted by molar-refractivity contribution is -0.140. The third-order valence-corrected chi connectivity index (χ3v) is 4.37. The zero-order valence-electron chi connectivity index (χ0n) is 15.2. The molecule has 1 aliphatic heterocycles. The molecule has 2 amide bonds. The number of para-hydroxylation sites is 1. The lowest BCUT2D eigenvalue weighted by atomic mass is 10.1.